The maximum atomic E-state index is 10.3. The van der Waals surface area contributed by atoms with Crippen molar-refractivity contribution in [3.8, 4) is 5.75 Å². The first-order valence-electron chi connectivity index (χ1n) is 9.09. The van der Waals surface area contributed by atoms with E-state index in [2.05, 4.69) is 19.6 Å². The summed E-state index contributed by atoms with van der Waals surface area (Å²) in [5.74, 6) is 2.33. The van der Waals surface area contributed by atoms with Crippen LogP contribution in [0.1, 0.15) is 68.6 Å². The van der Waals surface area contributed by atoms with E-state index in [1.165, 1.54) is 30.4 Å². The van der Waals surface area contributed by atoms with E-state index in [4.69, 9.17) is 0 Å². The molecule has 0 aromatic heterocycles. The van der Waals surface area contributed by atoms with Gasteiger partial charge in [-0.25, -0.2) is 0 Å². The van der Waals surface area contributed by atoms with E-state index in [-0.39, 0.29) is 6.10 Å². The summed E-state index contributed by atoms with van der Waals surface area (Å²) in [7, 11) is 0. The van der Waals surface area contributed by atoms with E-state index < -0.39 is 0 Å². The number of aliphatic hydroxyl groups is 1. The zero-order valence-electron chi connectivity index (χ0n) is 14.3. The Morgan fingerprint density at radius 3 is 2.83 bits per heavy atom. The Hall–Kier alpha value is -1.28. The number of hydrogen-bond donors (Lipinski definition) is 2. The van der Waals surface area contributed by atoms with Crippen LogP contribution in [0.4, 0.5) is 0 Å². The molecule has 1 aromatic carbocycles. The van der Waals surface area contributed by atoms with Crippen LogP contribution < -0.4 is 0 Å². The molecule has 0 saturated heterocycles. The summed E-state index contributed by atoms with van der Waals surface area (Å²) in [5.41, 5.74) is 4.96. The van der Waals surface area contributed by atoms with Crippen molar-refractivity contribution < 1.29 is 10.2 Å². The predicted octanol–water partition coefficient (Wildman–Crippen LogP) is 4.64. The molecule has 2 saturated carbocycles. The molecule has 0 unspecified atom stereocenters. The van der Waals surface area contributed by atoms with Gasteiger partial charge in [0.2, 0.25) is 0 Å². The third-order valence-corrected chi connectivity index (χ3v) is 7.05. The molecule has 5 atom stereocenters. The van der Waals surface area contributed by atoms with Gasteiger partial charge in [0.1, 0.15) is 5.75 Å². The first-order chi connectivity index (χ1) is 10.9. The van der Waals surface area contributed by atoms with Crippen molar-refractivity contribution in [3.05, 3.63) is 35.4 Å². The van der Waals surface area contributed by atoms with Crippen molar-refractivity contribution >= 4 is 5.57 Å². The third-order valence-electron chi connectivity index (χ3n) is 7.05. The Morgan fingerprint density at radius 2 is 2.09 bits per heavy atom. The molecular formula is C21H28O2. The van der Waals surface area contributed by atoms with Gasteiger partial charge >= 0.3 is 0 Å². The summed E-state index contributed by atoms with van der Waals surface area (Å²) < 4.78 is 0. The highest BCUT2D eigenvalue weighted by Gasteiger charge is 2.52. The van der Waals surface area contributed by atoms with Crippen LogP contribution in [0, 0.1) is 17.3 Å². The largest absolute Gasteiger partial charge is 0.507 e. The van der Waals surface area contributed by atoms with Crippen molar-refractivity contribution in [3.63, 3.8) is 0 Å². The highest BCUT2D eigenvalue weighted by Crippen LogP contribution is 2.61. The molecule has 2 nitrogen and oxygen atoms in total. The fourth-order valence-corrected chi connectivity index (χ4v) is 5.97. The number of rotatable bonds is 1. The van der Waals surface area contributed by atoms with Crippen molar-refractivity contribution in [2.75, 3.05) is 0 Å². The lowest BCUT2D eigenvalue weighted by Gasteiger charge is -2.49. The van der Waals surface area contributed by atoms with E-state index in [1.807, 2.05) is 13.0 Å². The van der Waals surface area contributed by atoms with Crippen LogP contribution in [0.25, 0.3) is 5.57 Å². The van der Waals surface area contributed by atoms with Crippen LogP contribution >= 0.6 is 0 Å². The minimum atomic E-state index is -0.101. The van der Waals surface area contributed by atoms with Gasteiger partial charge < -0.3 is 10.2 Å². The maximum absolute atomic E-state index is 10.3. The average molecular weight is 312 g/mol. The summed E-state index contributed by atoms with van der Waals surface area (Å²) in [6.07, 6.45) is 6.57. The molecule has 3 aliphatic rings. The Labute approximate surface area is 139 Å². The number of aryl methyl sites for hydroxylation is 1. The number of fused-ring (bicyclic) bond motifs is 5. The molecule has 2 fully saturated rings. The van der Waals surface area contributed by atoms with Gasteiger partial charge in [0.05, 0.1) is 6.10 Å². The summed E-state index contributed by atoms with van der Waals surface area (Å²) in [4.78, 5) is 0. The van der Waals surface area contributed by atoms with Crippen molar-refractivity contribution in [1.82, 2.24) is 0 Å². The van der Waals surface area contributed by atoms with Crippen molar-refractivity contribution in [2.45, 2.75) is 64.4 Å². The molecule has 3 aliphatic carbocycles. The van der Waals surface area contributed by atoms with Gasteiger partial charge in [-0.1, -0.05) is 13.5 Å². The van der Waals surface area contributed by atoms with E-state index >= 15 is 0 Å². The molecule has 0 radical (unpaired) electrons. The Bertz CT molecular complexity index is 662. The maximum Gasteiger partial charge on any atom is 0.123 e. The van der Waals surface area contributed by atoms with E-state index in [9.17, 15) is 10.2 Å². The van der Waals surface area contributed by atoms with Crippen LogP contribution in [0.15, 0.2) is 18.7 Å². The highest BCUT2D eigenvalue weighted by molar-refractivity contribution is 5.68. The molecule has 2 N–H and O–H groups in total. The Balaban J connectivity index is 1.74. The van der Waals surface area contributed by atoms with Crippen molar-refractivity contribution in [1.29, 1.82) is 0 Å². The molecule has 0 spiro atoms. The van der Waals surface area contributed by atoms with Crippen LogP contribution in [0.5, 0.6) is 5.75 Å². The quantitative estimate of drug-likeness (QED) is 0.793. The normalized spacial score (nSPS) is 38.6. The monoisotopic (exact) mass is 312 g/mol. The van der Waals surface area contributed by atoms with Crippen LogP contribution in [-0.2, 0) is 6.42 Å². The first kappa shape index (κ1) is 15.3. The Kier molecular flexibility index (Phi) is 3.39. The van der Waals surface area contributed by atoms with Crippen LogP contribution in [0.2, 0.25) is 0 Å². The summed E-state index contributed by atoms with van der Waals surface area (Å²) in [6, 6.07) is 4.19. The van der Waals surface area contributed by atoms with Crippen LogP contribution in [0.3, 0.4) is 0 Å². The van der Waals surface area contributed by atoms with Gasteiger partial charge in [-0.2, -0.15) is 0 Å². The second kappa shape index (κ2) is 5.11. The fourth-order valence-electron chi connectivity index (χ4n) is 5.97. The minimum absolute atomic E-state index is 0.101. The third kappa shape index (κ3) is 2.26. The smallest absolute Gasteiger partial charge is 0.123 e. The average Bonchev–Trinajstić information content (AvgIpc) is 2.80. The lowest BCUT2D eigenvalue weighted by molar-refractivity contribution is 0.0595. The summed E-state index contributed by atoms with van der Waals surface area (Å²) >= 11 is 0. The summed E-state index contributed by atoms with van der Waals surface area (Å²) in [5, 5.41) is 20.5. The molecule has 0 amide bonds. The molecule has 0 heterocycles. The van der Waals surface area contributed by atoms with E-state index in [0.29, 0.717) is 28.9 Å². The van der Waals surface area contributed by atoms with E-state index in [1.54, 1.807) is 0 Å². The number of phenols is 1. The zero-order valence-corrected chi connectivity index (χ0v) is 14.3. The molecular weight excluding hydrogens is 284 g/mol. The van der Waals surface area contributed by atoms with Gasteiger partial charge in [0.25, 0.3) is 0 Å². The van der Waals surface area contributed by atoms with Gasteiger partial charge in [0.15, 0.2) is 0 Å². The molecule has 23 heavy (non-hydrogen) atoms. The van der Waals surface area contributed by atoms with Crippen LogP contribution in [-0.4, -0.2) is 16.3 Å². The second-order valence-electron chi connectivity index (χ2n) is 8.55. The van der Waals surface area contributed by atoms with Gasteiger partial charge in [-0.15, -0.1) is 0 Å². The SMILES string of the molecule is C=C(C)c1cc2c(cc1O)CC[C@@H]1[C@@H]2CC[C@]2(C)C[C@H](O)C[C@@H]12. The molecule has 0 aliphatic heterocycles. The first-order valence-corrected chi connectivity index (χ1v) is 9.09. The Morgan fingerprint density at radius 1 is 1.30 bits per heavy atom. The number of allylic oxidation sites excluding steroid dienone is 1. The number of benzene rings is 1. The molecule has 124 valence electrons. The number of aliphatic hydroxyl groups excluding tert-OH is 1. The number of aromatic hydroxyl groups is 1. The fraction of sp³-hybridized carbons (Fsp3) is 0.619. The van der Waals surface area contributed by atoms with Gasteiger partial charge in [0, 0.05) is 5.56 Å². The van der Waals surface area contributed by atoms with Crippen molar-refractivity contribution in [2.24, 2.45) is 17.3 Å². The standard InChI is InChI=1S/C21H28O2/c1-12(2)17-10-18-13(8-20(17)23)4-5-16-15(18)6-7-21(3)11-14(22)9-19(16)21/h8,10,14-16,19,22-23H,1,4-7,9,11H2,2-3H3/t14-,15+,16-,19+,21-/m1/s1. The zero-order chi connectivity index (χ0) is 16.4. The summed E-state index contributed by atoms with van der Waals surface area (Å²) in [6.45, 7) is 8.38. The predicted molar refractivity (Wildman–Crippen MR) is 93.4 cm³/mol. The molecule has 4 rings (SSSR count). The molecule has 0 bridgehead atoms. The van der Waals surface area contributed by atoms with Gasteiger partial charge in [-0.3, -0.25) is 0 Å². The molecule has 2 heteroatoms. The second-order valence-corrected chi connectivity index (χ2v) is 8.55. The highest BCUT2D eigenvalue weighted by atomic mass is 16.3. The lowest BCUT2D eigenvalue weighted by atomic mass is 9.56. The van der Waals surface area contributed by atoms with Gasteiger partial charge in [-0.05, 0) is 97.5 Å². The number of phenolic OH excluding ortho intramolecular Hbond substituents is 1. The lowest BCUT2D eigenvalue weighted by Crippen LogP contribution is -2.39. The van der Waals surface area contributed by atoms with E-state index in [0.717, 1.165) is 30.4 Å². The molecule has 1 aromatic rings. The minimum Gasteiger partial charge on any atom is -0.507 e. The number of hydrogen-bond acceptors (Lipinski definition) is 2. The topological polar surface area (TPSA) is 40.5 Å².